The van der Waals surface area contributed by atoms with Crippen molar-refractivity contribution in [1.29, 1.82) is 0 Å². The van der Waals surface area contributed by atoms with E-state index in [9.17, 15) is 4.79 Å². The third kappa shape index (κ3) is 3.55. The molecule has 138 valence electrons. The van der Waals surface area contributed by atoms with Crippen molar-refractivity contribution in [3.8, 4) is 11.1 Å². The number of nitrogens with zero attached hydrogens (tertiary/aromatic N) is 2. The summed E-state index contributed by atoms with van der Waals surface area (Å²) >= 11 is 0. The van der Waals surface area contributed by atoms with Crippen LogP contribution in [0, 0.1) is 0 Å². The summed E-state index contributed by atoms with van der Waals surface area (Å²) < 4.78 is 5.32. The van der Waals surface area contributed by atoms with Gasteiger partial charge in [0.2, 0.25) is 0 Å². The summed E-state index contributed by atoms with van der Waals surface area (Å²) in [6.07, 6.45) is 4.55. The lowest BCUT2D eigenvalue weighted by atomic mass is 10.0. The first-order chi connectivity index (χ1) is 12.7. The highest BCUT2D eigenvalue weighted by Gasteiger charge is 2.21. The maximum atomic E-state index is 12.6. The molecule has 1 N–H and O–H groups in total. The van der Waals surface area contributed by atoms with E-state index in [-0.39, 0.29) is 5.91 Å². The van der Waals surface area contributed by atoms with Gasteiger partial charge in [-0.05, 0) is 55.6 Å². The van der Waals surface area contributed by atoms with Crippen LogP contribution in [-0.4, -0.2) is 60.1 Å². The van der Waals surface area contributed by atoms with E-state index in [0.717, 1.165) is 11.1 Å². The van der Waals surface area contributed by atoms with Gasteiger partial charge in [-0.1, -0.05) is 24.3 Å². The molecule has 26 heavy (non-hydrogen) atoms. The fourth-order valence-corrected chi connectivity index (χ4v) is 3.92. The number of morpholine rings is 1. The predicted molar refractivity (Wildman–Crippen MR) is 102 cm³/mol. The number of carbonyl (C=O) groups excluding carboxylic acids is 1. The number of nitrogens with one attached hydrogen (secondary N) is 1. The highest BCUT2D eigenvalue weighted by Crippen LogP contribution is 2.27. The van der Waals surface area contributed by atoms with Gasteiger partial charge in [-0.25, -0.2) is 0 Å². The summed E-state index contributed by atoms with van der Waals surface area (Å²) in [6.45, 7) is 7.26. The average molecular weight is 353 g/mol. The first-order valence-electron chi connectivity index (χ1n) is 9.62. The number of likely N-dealkylation sites (tertiary alicyclic amines) is 1. The van der Waals surface area contributed by atoms with Crippen LogP contribution in [0.4, 0.5) is 0 Å². The van der Waals surface area contributed by atoms with Gasteiger partial charge in [0.25, 0.3) is 5.91 Å². The summed E-state index contributed by atoms with van der Waals surface area (Å²) in [6, 6.07) is 11.2. The fourth-order valence-electron chi connectivity index (χ4n) is 3.92. The minimum absolute atomic E-state index is 0.0545. The molecule has 5 heteroatoms. The molecule has 0 radical (unpaired) electrons. The number of carbonyl (C=O) groups is 1. The predicted octanol–water partition coefficient (Wildman–Crippen LogP) is 3.31. The smallest absolute Gasteiger partial charge is 0.270 e. The van der Waals surface area contributed by atoms with Gasteiger partial charge < -0.3 is 14.6 Å². The first-order valence-corrected chi connectivity index (χ1v) is 9.62. The normalized spacial score (nSPS) is 19.7. The molecular formula is C21H27N3O2. The summed E-state index contributed by atoms with van der Waals surface area (Å²) in [5, 5.41) is 0. The Balaban J connectivity index is 1.46. The Labute approximate surface area is 154 Å². The average Bonchev–Trinajstić information content (AvgIpc) is 3.40. The van der Waals surface area contributed by atoms with Crippen LogP contribution in [0.1, 0.15) is 41.9 Å². The van der Waals surface area contributed by atoms with Gasteiger partial charge in [0, 0.05) is 25.3 Å². The monoisotopic (exact) mass is 353 g/mol. The highest BCUT2D eigenvalue weighted by atomic mass is 16.5. The van der Waals surface area contributed by atoms with Crippen LogP contribution in [0.3, 0.4) is 0 Å². The Morgan fingerprint density at radius 3 is 2.42 bits per heavy atom. The number of hydrogen-bond donors (Lipinski definition) is 1. The van der Waals surface area contributed by atoms with E-state index in [2.05, 4.69) is 41.1 Å². The van der Waals surface area contributed by atoms with Crippen molar-refractivity contribution in [2.75, 3.05) is 39.4 Å². The molecular weight excluding hydrogens is 326 g/mol. The van der Waals surface area contributed by atoms with Crippen molar-refractivity contribution < 1.29 is 9.53 Å². The van der Waals surface area contributed by atoms with Gasteiger partial charge in [-0.2, -0.15) is 0 Å². The number of benzene rings is 1. The van der Waals surface area contributed by atoms with Crippen molar-refractivity contribution in [3.05, 3.63) is 47.8 Å². The molecule has 1 aromatic heterocycles. The molecule has 0 saturated carbocycles. The van der Waals surface area contributed by atoms with Crippen LogP contribution >= 0.6 is 0 Å². The maximum absolute atomic E-state index is 12.6. The minimum atomic E-state index is 0.0545. The lowest BCUT2D eigenvalue weighted by Gasteiger charge is -2.26. The SMILES string of the molecule is C[C@H](c1ccc(-c2c[nH]c(C(=O)N3CCOCC3)c2)cc1)N1CCCC1. The molecule has 3 heterocycles. The number of hydrogen-bond acceptors (Lipinski definition) is 3. The van der Waals surface area contributed by atoms with Crippen molar-refractivity contribution in [2.45, 2.75) is 25.8 Å². The van der Waals surface area contributed by atoms with Gasteiger partial charge >= 0.3 is 0 Å². The van der Waals surface area contributed by atoms with Gasteiger partial charge in [-0.15, -0.1) is 0 Å². The lowest BCUT2D eigenvalue weighted by Crippen LogP contribution is -2.40. The van der Waals surface area contributed by atoms with Crippen LogP contribution in [0.25, 0.3) is 11.1 Å². The Morgan fingerprint density at radius 2 is 1.73 bits per heavy atom. The second-order valence-corrected chi connectivity index (χ2v) is 7.25. The molecule has 1 atom stereocenters. The Hall–Kier alpha value is -2.11. The number of rotatable bonds is 4. The molecule has 0 unspecified atom stereocenters. The third-order valence-corrected chi connectivity index (χ3v) is 5.63. The van der Waals surface area contributed by atoms with Gasteiger partial charge in [0.05, 0.1) is 13.2 Å². The highest BCUT2D eigenvalue weighted by molar-refractivity contribution is 5.94. The molecule has 5 nitrogen and oxygen atoms in total. The van der Waals surface area contributed by atoms with Crippen LogP contribution in [0.5, 0.6) is 0 Å². The van der Waals surface area contributed by atoms with Crippen molar-refractivity contribution in [2.24, 2.45) is 0 Å². The van der Waals surface area contributed by atoms with Crippen LogP contribution < -0.4 is 0 Å². The van der Waals surface area contributed by atoms with Gasteiger partial charge in [-0.3, -0.25) is 9.69 Å². The molecule has 0 aliphatic carbocycles. The molecule has 2 aliphatic rings. The van der Waals surface area contributed by atoms with E-state index in [1.807, 2.05) is 17.2 Å². The number of ether oxygens (including phenoxy) is 1. The van der Waals surface area contributed by atoms with E-state index in [1.165, 1.54) is 31.5 Å². The second kappa shape index (κ2) is 7.64. The van der Waals surface area contributed by atoms with Crippen LogP contribution in [0.15, 0.2) is 36.5 Å². The van der Waals surface area contributed by atoms with E-state index < -0.39 is 0 Å². The zero-order valence-electron chi connectivity index (χ0n) is 15.4. The molecule has 0 spiro atoms. The Bertz CT molecular complexity index is 741. The maximum Gasteiger partial charge on any atom is 0.270 e. The summed E-state index contributed by atoms with van der Waals surface area (Å²) in [4.78, 5) is 20.1. The summed E-state index contributed by atoms with van der Waals surface area (Å²) in [5.74, 6) is 0.0545. The summed E-state index contributed by atoms with van der Waals surface area (Å²) in [7, 11) is 0. The molecule has 2 aliphatic heterocycles. The third-order valence-electron chi connectivity index (χ3n) is 5.63. The summed E-state index contributed by atoms with van der Waals surface area (Å²) in [5.41, 5.74) is 4.20. The Kier molecular flexibility index (Phi) is 5.09. The van der Waals surface area contributed by atoms with E-state index in [0.29, 0.717) is 38.0 Å². The van der Waals surface area contributed by atoms with Crippen molar-refractivity contribution in [1.82, 2.24) is 14.8 Å². The van der Waals surface area contributed by atoms with E-state index >= 15 is 0 Å². The van der Waals surface area contributed by atoms with Crippen molar-refractivity contribution in [3.63, 3.8) is 0 Å². The van der Waals surface area contributed by atoms with Crippen molar-refractivity contribution >= 4 is 5.91 Å². The Morgan fingerprint density at radius 1 is 1.04 bits per heavy atom. The minimum Gasteiger partial charge on any atom is -0.378 e. The number of aromatic nitrogens is 1. The van der Waals surface area contributed by atoms with Gasteiger partial charge in [0.15, 0.2) is 0 Å². The van der Waals surface area contributed by atoms with Gasteiger partial charge in [0.1, 0.15) is 5.69 Å². The van der Waals surface area contributed by atoms with E-state index in [1.54, 1.807) is 0 Å². The largest absolute Gasteiger partial charge is 0.378 e. The van der Waals surface area contributed by atoms with Crippen LogP contribution in [0.2, 0.25) is 0 Å². The molecule has 2 saturated heterocycles. The lowest BCUT2D eigenvalue weighted by molar-refractivity contribution is 0.0299. The molecule has 2 fully saturated rings. The molecule has 2 aromatic rings. The van der Waals surface area contributed by atoms with Crippen LogP contribution in [-0.2, 0) is 4.74 Å². The molecule has 4 rings (SSSR count). The fraction of sp³-hybridized carbons (Fsp3) is 0.476. The number of amides is 1. The quantitative estimate of drug-likeness (QED) is 0.917. The molecule has 1 aromatic carbocycles. The molecule has 1 amide bonds. The zero-order chi connectivity index (χ0) is 17.9. The topological polar surface area (TPSA) is 48.6 Å². The number of aromatic amines is 1. The standard InChI is InChI=1S/C21H27N3O2/c1-16(23-8-2-3-9-23)17-4-6-18(7-5-17)19-14-20(22-15-19)21(25)24-10-12-26-13-11-24/h4-7,14-16,22H,2-3,8-13H2,1H3/t16-/m1/s1. The molecule has 0 bridgehead atoms. The zero-order valence-corrected chi connectivity index (χ0v) is 15.4. The first kappa shape index (κ1) is 17.3. The van der Waals surface area contributed by atoms with E-state index in [4.69, 9.17) is 4.74 Å². The number of H-pyrrole nitrogens is 1. The second-order valence-electron chi connectivity index (χ2n) is 7.25.